The number of halogens is 1. The molecule has 2 rings (SSSR count). The number of hydrogen-bond donors (Lipinski definition) is 3. The molecule has 166 valence electrons. The maximum atomic E-state index is 12.8. The highest BCUT2D eigenvalue weighted by Crippen LogP contribution is 2.24. The van der Waals surface area contributed by atoms with Crippen LogP contribution in [0, 0.1) is 0 Å². The smallest absolute Gasteiger partial charge is 0.241 e. The molecule has 1 unspecified atom stereocenters. The number of hydrogen-bond acceptors (Lipinski definition) is 4. The topological polar surface area (TPSA) is 91.8 Å². The van der Waals surface area contributed by atoms with Gasteiger partial charge in [0.25, 0.3) is 0 Å². The molecule has 3 N–H and O–H groups in total. The molecular formula is C20H35IN4O3S. The number of ether oxygens (including phenoxy) is 1. The van der Waals surface area contributed by atoms with Crippen molar-refractivity contribution in [2.75, 3.05) is 19.7 Å². The van der Waals surface area contributed by atoms with Crippen molar-refractivity contribution in [3.8, 4) is 0 Å². The lowest BCUT2D eigenvalue weighted by Gasteiger charge is -2.24. The Morgan fingerprint density at radius 2 is 1.93 bits per heavy atom. The average Bonchev–Trinajstić information content (AvgIpc) is 3.02. The van der Waals surface area contributed by atoms with Gasteiger partial charge in [-0.05, 0) is 59.1 Å². The Balaban J connectivity index is 0.00000420. The fourth-order valence-corrected chi connectivity index (χ4v) is 4.76. The first-order chi connectivity index (χ1) is 13.0. The van der Waals surface area contributed by atoms with Crippen LogP contribution in [0.4, 0.5) is 0 Å². The van der Waals surface area contributed by atoms with Crippen molar-refractivity contribution in [3.63, 3.8) is 0 Å². The summed E-state index contributed by atoms with van der Waals surface area (Å²) >= 11 is 0. The molecule has 1 saturated heterocycles. The molecule has 0 aliphatic carbocycles. The SMILES string of the molecule is CCNC(=NCc1ccccc1S(=O)(=O)NC(C)(C)C)NCC1(C)CCCO1.I. The Hall–Kier alpha value is -0.910. The molecule has 9 heteroatoms. The Morgan fingerprint density at radius 3 is 2.52 bits per heavy atom. The fraction of sp³-hybridized carbons (Fsp3) is 0.650. The van der Waals surface area contributed by atoms with Gasteiger partial charge in [0.15, 0.2) is 5.96 Å². The highest BCUT2D eigenvalue weighted by Gasteiger charge is 2.29. The highest BCUT2D eigenvalue weighted by atomic mass is 127. The van der Waals surface area contributed by atoms with Crippen molar-refractivity contribution in [1.29, 1.82) is 0 Å². The molecule has 29 heavy (non-hydrogen) atoms. The van der Waals surface area contributed by atoms with Crippen LogP contribution in [0.5, 0.6) is 0 Å². The van der Waals surface area contributed by atoms with E-state index >= 15 is 0 Å². The van der Waals surface area contributed by atoms with Gasteiger partial charge in [0.1, 0.15) is 0 Å². The lowest BCUT2D eigenvalue weighted by atomic mass is 10.0. The first kappa shape index (κ1) is 26.1. The van der Waals surface area contributed by atoms with Gasteiger partial charge in [0.05, 0.1) is 17.0 Å². The van der Waals surface area contributed by atoms with Crippen LogP contribution in [0.2, 0.25) is 0 Å². The molecule has 1 aliphatic heterocycles. The number of sulfonamides is 1. The molecule has 1 atom stereocenters. The second kappa shape index (κ2) is 10.9. The summed E-state index contributed by atoms with van der Waals surface area (Å²) in [6.07, 6.45) is 2.08. The predicted molar refractivity (Wildman–Crippen MR) is 128 cm³/mol. The molecule has 1 aliphatic rings. The zero-order valence-corrected chi connectivity index (χ0v) is 21.2. The molecule has 1 heterocycles. The standard InChI is InChI=1S/C20H34N4O3S.HI/c1-6-21-18(23-15-20(5)12-9-13-27-20)22-14-16-10-7-8-11-17(16)28(25,26)24-19(2,3)4;/h7-8,10-11,24H,6,9,12-15H2,1-5H3,(H2,21,22,23);1H. The zero-order valence-electron chi connectivity index (χ0n) is 18.0. The number of guanidine groups is 1. The molecule has 0 bridgehead atoms. The second-order valence-electron chi connectivity index (χ2n) is 8.41. The average molecular weight is 538 g/mol. The number of rotatable bonds is 7. The van der Waals surface area contributed by atoms with Crippen LogP contribution in [-0.4, -0.2) is 45.2 Å². The van der Waals surface area contributed by atoms with Crippen LogP contribution in [0.3, 0.4) is 0 Å². The first-order valence-corrected chi connectivity index (χ1v) is 11.3. The van der Waals surface area contributed by atoms with Gasteiger partial charge >= 0.3 is 0 Å². The first-order valence-electron chi connectivity index (χ1n) is 9.83. The third-order valence-corrected chi connectivity index (χ3v) is 6.24. The van der Waals surface area contributed by atoms with Crippen LogP contribution >= 0.6 is 24.0 Å². The molecule has 0 aromatic heterocycles. The Kier molecular flexibility index (Phi) is 9.84. The molecule has 7 nitrogen and oxygen atoms in total. The normalized spacial score (nSPS) is 20.2. The van der Waals surface area contributed by atoms with Crippen LogP contribution < -0.4 is 15.4 Å². The van der Waals surface area contributed by atoms with E-state index in [0.717, 1.165) is 26.0 Å². The zero-order chi connectivity index (χ0) is 20.8. The van der Waals surface area contributed by atoms with Gasteiger partial charge in [0, 0.05) is 25.2 Å². The van der Waals surface area contributed by atoms with Gasteiger partial charge in [0.2, 0.25) is 10.0 Å². The van der Waals surface area contributed by atoms with Crippen molar-refractivity contribution >= 4 is 40.0 Å². The molecule has 1 aromatic rings. The third-order valence-electron chi connectivity index (χ3n) is 4.38. The van der Waals surface area contributed by atoms with E-state index in [2.05, 4.69) is 27.3 Å². The Morgan fingerprint density at radius 1 is 1.24 bits per heavy atom. The van der Waals surface area contributed by atoms with Crippen molar-refractivity contribution < 1.29 is 13.2 Å². The maximum Gasteiger partial charge on any atom is 0.241 e. The molecule has 1 fully saturated rings. The van der Waals surface area contributed by atoms with E-state index in [1.165, 1.54) is 0 Å². The minimum absolute atomic E-state index is 0. The maximum absolute atomic E-state index is 12.8. The minimum Gasteiger partial charge on any atom is -0.373 e. The van der Waals surface area contributed by atoms with Gasteiger partial charge in [-0.2, -0.15) is 0 Å². The van der Waals surface area contributed by atoms with E-state index in [1.54, 1.807) is 18.2 Å². The van der Waals surface area contributed by atoms with Crippen molar-refractivity contribution in [1.82, 2.24) is 15.4 Å². The summed E-state index contributed by atoms with van der Waals surface area (Å²) < 4.78 is 34.1. The van der Waals surface area contributed by atoms with Gasteiger partial charge in [-0.3, -0.25) is 0 Å². The van der Waals surface area contributed by atoms with Crippen molar-refractivity contribution in [3.05, 3.63) is 29.8 Å². The highest BCUT2D eigenvalue weighted by molar-refractivity contribution is 14.0. The lowest BCUT2D eigenvalue weighted by molar-refractivity contribution is 0.0243. The number of aliphatic imine (C=N–C) groups is 1. The number of benzene rings is 1. The molecule has 0 saturated carbocycles. The van der Waals surface area contributed by atoms with E-state index in [4.69, 9.17) is 4.74 Å². The number of nitrogens with zero attached hydrogens (tertiary/aromatic N) is 1. The summed E-state index contributed by atoms with van der Waals surface area (Å²) in [6, 6.07) is 6.97. The summed E-state index contributed by atoms with van der Waals surface area (Å²) in [4.78, 5) is 4.85. The van der Waals surface area contributed by atoms with E-state index in [9.17, 15) is 8.42 Å². The Bertz CT molecular complexity index is 785. The van der Waals surface area contributed by atoms with Gasteiger partial charge < -0.3 is 15.4 Å². The summed E-state index contributed by atoms with van der Waals surface area (Å²) in [5.74, 6) is 0.648. The van der Waals surface area contributed by atoms with E-state index in [-0.39, 0.29) is 41.0 Å². The van der Waals surface area contributed by atoms with Gasteiger partial charge in [-0.15, -0.1) is 24.0 Å². The minimum atomic E-state index is -3.62. The summed E-state index contributed by atoms with van der Waals surface area (Å²) in [7, 11) is -3.62. The van der Waals surface area contributed by atoms with Crippen molar-refractivity contribution in [2.24, 2.45) is 4.99 Å². The van der Waals surface area contributed by atoms with E-state index in [1.807, 2.05) is 33.8 Å². The third kappa shape index (κ3) is 8.39. The molecule has 0 spiro atoms. The van der Waals surface area contributed by atoms with Gasteiger partial charge in [-0.25, -0.2) is 18.1 Å². The monoisotopic (exact) mass is 538 g/mol. The quantitative estimate of drug-likeness (QED) is 0.282. The largest absolute Gasteiger partial charge is 0.373 e. The second-order valence-corrected chi connectivity index (χ2v) is 10.1. The van der Waals surface area contributed by atoms with E-state index < -0.39 is 15.6 Å². The van der Waals surface area contributed by atoms with E-state index in [0.29, 0.717) is 18.1 Å². The summed E-state index contributed by atoms with van der Waals surface area (Å²) in [5.41, 5.74) is -0.0870. The fourth-order valence-electron chi connectivity index (χ4n) is 3.11. The van der Waals surface area contributed by atoms with Gasteiger partial charge in [-0.1, -0.05) is 18.2 Å². The molecule has 0 radical (unpaired) electrons. The Labute approximate surface area is 192 Å². The summed E-state index contributed by atoms with van der Waals surface area (Å²) in [5, 5.41) is 6.53. The van der Waals surface area contributed by atoms with Crippen LogP contribution in [0.15, 0.2) is 34.2 Å². The number of nitrogens with one attached hydrogen (secondary N) is 3. The van der Waals surface area contributed by atoms with Crippen LogP contribution in [0.25, 0.3) is 0 Å². The lowest BCUT2D eigenvalue weighted by Crippen LogP contribution is -2.45. The summed E-state index contributed by atoms with van der Waals surface area (Å²) in [6.45, 7) is 12.0. The van der Waals surface area contributed by atoms with Crippen LogP contribution in [0.1, 0.15) is 53.0 Å². The molecule has 1 aromatic carbocycles. The molecular weight excluding hydrogens is 503 g/mol. The van der Waals surface area contributed by atoms with Crippen LogP contribution in [-0.2, 0) is 21.3 Å². The van der Waals surface area contributed by atoms with Crippen molar-refractivity contribution in [2.45, 2.75) is 70.0 Å². The predicted octanol–water partition coefficient (Wildman–Crippen LogP) is 3.01. The molecule has 0 amide bonds.